The van der Waals surface area contributed by atoms with E-state index in [1.54, 1.807) is 11.8 Å². The number of hydrogen-bond donors (Lipinski definition) is 2. The standard InChI is InChI=1S/C17H20N6OS2/c1-2-3-4-5-14-21-23-17(26-14)20-15(24)13-8-6-12(7-9-13)10-25-16-18-11-19-22-16/h6-9,11H,2-5,10H2,1H3,(H,18,19,22)(H,20,23,24). The van der Waals surface area contributed by atoms with Crippen LogP contribution in [0, 0.1) is 0 Å². The highest BCUT2D eigenvalue weighted by molar-refractivity contribution is 7.98. The molecule has 0 unspecified atom stereocenters. The van der Waals surface area contributed by atoms with Crippen molar-refractivity contribution in [1.82, 2.24) is 25.4 Å². The van der Waals surface area contributed by atoms with Crippen molar-refractivity contribution in [2.45, 2.75) is 43.5 Å². The van der Waals surface area contributed by atoms with Crippen molar-refractivity contribution in [3.63, 3.8) is 0 Å². The van der Waals surface area contributed by atoms with Gasteiger partial charge in [0, 0.05) is 17.7 Å². The number of benzene rings is 1. The van der Waals surface area contributed by atoms with E-state index in [0.717, 1.165) is 34.3 Å². The number of H-pyrrole nitrogens is 1. The monoisotopic (exact) mass is 388 g/mol. The summed E-state index contributed by atoms with van der Waals surface area (Å²) in [5.74, 6) is 0.588. The minimum Gasteiger partial charge on any atom is -0.296 e. The van der Waals surface area contributed by atoms with E-state index in [2.05, 4.69) is 37.6 Å². The molecule has 0 aliphatic heterocycles. The molecule has 136 valence electrons. The molecule has 0 radical (unpaired) electrons. The molecule has 0 fully saturated rings. The van der Waals surface area contributed by atoms with Crippen LogP contribution in [0.1, 0.15) is 47.1 Å². The molecule has 0 saturated carbocycles. The number of aromatic amines is 1. The van der Waals surface area contributed by atoms with Gasteiger partial charge < -0.3 is 0 Å². The molecule has 2 heterocycles. The summed E-state index contributed by atoms with van der Waals surface area (Å²) < 4.78 is 0. The molecule has 2 N–H and O–H groups in total. The van der Waals surface area contributed by atoms with Crippen molar-refractivity contribution in [3.05, 3.63) is 46.7 Å². The first kappa shape index (κ1) is 18.5. The summed E-state index contributed by atoms with van der Waals surface area (Å²) in [5.41, 5.74) is 1.71. The molecule has 1 amide bonds. The summed E-state index contributed by atoms with van der Waals surface area (Å²) in [7, 11) is 0. The number of aryl methyl sites for hydroxylation is 1. The van der Waals surface area contributed by atoms with Crippen LogP contribution in [-0.2, 0) is 12.2 Å². The first-order valence-electron chi connectivity index (χ1n) is 8.45. The van der Waals surface area contributed by atoms with Crippen LogP contribution >= 0.6 is 23.1 Å². The van der Waals surface area contributed by atoms with E-state index in [1.165, 1.54) is 30.5 Å². The van der Waals surface area contributed by atoms with Crippen molar-refractivity contribution in [3.8, 4) is 0 Å². The Hall–Kier alpha value is -2.26. The van der Waals surface area contributed by atoms with Crippen molar-refractivity contribution >= 4 is 34.1 Å². The molecule has 0 aliphatic carbocycles. The van der Waals surface area contributed by atoms with E-state index >= 15 is 0 Å². The van der Waals surface area contributed by atoms with E-state index in [0.29, 0.717) is 10.7 Å². The van der Waals surface area contributed by atoms with Crippen molar-refractivity contribution in [2.75, 3.05) is 5.32 Å². The maximum atomic E-state index is 12.3. The molecule has 1 aromatic carbocycles. The number of unbranched alkanes of at least 4 members (excludes halogenated alkanes) is 2. The highest BCUT2D eigenvalue weighted by Gasteiger charge is 2.10. The summed E-state index contributed by atoms with van der Waals surface area (Å²) in [5, 5.41) is 19.9. The largest absolute Gasteiger partial charge is 0.296 e. The second-order valence-electron chi connectivity index (χ2n) is 5.69. The Balaban J connectivity index is 1.51. The lowest BCUT2D eigenvalue weighted by atomic mass is 10.1. The summed E-state index contributed by atoms with van der Waals surface area (Å²) >= 11 is 3.00. The Morgan fingerprint density at radius 3 is 2.81 bits per heavy atom. The van der Waals surface area contributed by atoms with Crippen molar-refractivity contribution < 1.29 is 4.79 Å². The molecule has 0 saturated heterocycles. The van der Waals surface area contributed by atoms with Crippen molar-refractivity contribution in [1.29, 1.82) is 0 Å². The second kappa shape index (κ2) is 9.44. The SMILES string of the molecule is CCCCCc1nnc(NC(=O)c2ccc(CSc3ncn[nH]3)cc2)s1. The Morgan fingerprint density at radius 2 is 2.08 bits per heavy atom. The van der Waals surface area contributed by atoms with Gasteiger partial charge >= 0.3 is 0 Å². The molecule has 0 aliphatic rings. The number of carbonyl (C=O) groups excluding carboxylic acids is 1. The van der Waals surface area contributed by atoms with Gasteiger partial charge in [-0.2, -0.15) is 5.10 Å². The zero-order valence-corrected chi connectivity index (χ0v) is 16.1. The number of amides is 1. The second-order valence-corrected chi connectivity index (χ2v) is 7.71. The normalized spacial score (nSPS) is 10.8. The van der Waals surface area contributed by atoms with Gasteiger partial charge in [0.05, 0.1) is 0 Å². The summed E-state index contributed by atoms with van der Waals surface area (Å²) in [4.78, 5) is 16.4. The lowest BCUT2D eigenvalue weighted by molar-refractivity contribution is 0.102. The molecule has 26 heavy (non-hydrogen) atoms. The van der Waals surface area contributed by atoms with Gasteiger partial charge in [-0.15, -0.1) is 10.2 Å². The summed E-state index contributed by atoms with van der Waals surface area (Å²) in [6.45, 7) is 2.17. The zero-order chi connectivity index (χ0) is 18.2. The van der Waals surface area contributed by atoms with Crippen LogP contribution in [0.2, 0.25) is 0 Å². The van der Waals surface area contributed by atoms with Gasteiger partial charge in [0.15, 0.2) is 5.16 Å². The maximum absolute atomic E-state index is 12.3. The van der Waals surface area contributed by atoms with Crippen LogP contribution < -0.4 is 5.32 Å². The number of rotatable bonds is 9. The molecular weight excluding hydrogens is 368 g/mol. The van der Waals surface area contributed by atoms with E-state index in [1.807, 2.05) is 24.3 Å². The zero-order valence-electron chi connectivity index (χ0n) is 14.4. The molecular formula is C17H20N6OS2. The summed E-state index contributed by atoms with van der Waals surface area (Å²) in [6, 6.07) is 7.51. The van der Waals surface area contributed by atoms with Crippen LogP contribution in [-0.4, -0.2) is 31.3 Å². The predicted octanol–water partition coefficient (Wildman–Crippen LogP) is 3.93. The van der Waals surface area contributed by atoms with Crippen LogP contribution in [0.25, 0.3) is 0 Å². The van der Waals surface area contributed by atoms with Gasteiger partial charge in [0.25, 0.3) is 5.91 Å². The molecule has 7 nitrogen and oxygen atoms in total. The van der Waals surface area contributed by atoms with Crippen LogP contribution in [0.4, 0.5) is 5.13 Å². The molecule has 0 atom stereocenters. The van der Waals surface area contributed by atoms with Crippen LogP contribution in [0.15, 0.2) is 35.7 Å². The highest BCUT2D eigenvalue weighted by Crippen LogP contribution is 2.20. The minimum absolute atomic E-state index is 0.171. The van der Waals surface area contributed by atoms with Crippen molar-refractivity contribution in [2.24, 2.45) is 0 Å². The van der Waals surface area contributed by atoms with Crippen LogP contribution in [0.3, 0.4) is 0 Å². The maximum Gasteiger partial charge on any atom is 0.257 e. The third-order valence-corrected chi connectivity index (χ3v) is 5.51. The first-order chi connectivity index (χ1) is 12.7. The highest BCUT2D eigenvalue weighted by atomic mass is 32.2. The average Bonchev–Trinajstić information content (AvgIpc) is 3.33. The van der Waals surface area contributed by atoms with E-state index in [9.17, 15) is 4.79 Å². The quantitative estimate of drug-likeness (QED) is 0.426. The molecule has 3 aromatic rings. The van der Waals surface area contributed by atoms with Gasteiger partial charge in [-0.25, -0.2) is 4.98 Å². The lowest BCUT2D eigenvalue weighted by Gasteiger charge is -2.03. The Labute approximate surface area is 160 Å². The van der Waals surface area contributed by atoms with E-state index < -0.39 is 0 Å². The molecule has 2 aromatic heterocycles. The number of nitrogens with zero attached hydrogens (tertiary/aromatic N) is 4. The van der Waals surface area contributed by atoms with E-state index in [4.69, 9.17) is 0 Å². The van der Waals surface area contributed by atoms with Gasteiger partial charge in [-0.05, 0) is 24.1 Å². The fourth-order valence-corrected chi connectivity index (χ4v) is 3.78. The fourth-order valence-electron chi connectivity index (χ4n) is 2.27. The Kier molecular flexibility index (Phi) is 6.73. The van der Waals surface area contributed by atoms with Gasteiger partial charge in [-0.1, -0.05) is 55.0 Å². The van der Waals surface area contributed by atoms with Gasteiger partial charge in [-0.3, -0.25) is 15.2 Å². The molecule has 0 spiro atoms. The van der Waals surface area contributed by atoms with Gasteiger partial charge in [0.1, 0.15) is 11.3 Å². The number of nitrogens with one attached hydrogen (secondary N) is 2. The third-order valence-electron chi connectivity index (χ3n) is 3.67. The number of carbonyl (C=O) groups is 1. The predicted molar refractivity (Wildman–Crippen MR) is 103 cm³/mol. The number of anilines is 1. The van der Waals surface area contributed by atoms with E-state index in [-0.39, 0.29) is 5.91 Å². The number of aromatic nitrogens is 5. The lowest BCUT2D eigenvalue weighted by Crippen LogP contribution is -2.11. The Bertz CT molecular complexity index is 816. The molecule has 9 heteroatoms. The minimum atomic E-state index is -0.171. The van der Waals surface area contributed by atoms with Crippen LogP contribution in [0.5, 0.6) is 0 Å². The summed E-state index contributed by atoms with van der Waals surface area (Å²) in [6.07, 6.45) is 5.86. The topological polar surface area (TPSA) is 96.5 Å². The molecule has 0 bridgehead atoms. The Morgan fingerprint density at radius 1 is 1.23 bits per heavy atom. The fraction of sp³-hybridized carbons (Fsp3) is 0.353. The third kappa shape index (κ3) is 5.37. The molecule has 3 rings (SSSR count). The first-order valence-corrected chi connectivity index (χ1v) is 10.3. The smallest absolute Gasteiger partial charge is 0.257 e. The van der Waals surface area contributed by atoms with Gasteiger partial charge in [0.2, 0.25) is 5.13 Å². The number of hydrogen-bond acceptors (Lipinski definition) is 7. The average molecular weight is 389 g/mol. The number of thioether (sulfide) groups is 1.